The van der Waals surface area contributed by atoms with Crippen molar-refractivity contribution < 1.29 is 9.53 Å². The van der Waals surface area contributed by atoms with E-state index >= 15 is 0 Å². The van der Waals surface area contributed by atoms with E-state index in [4.69, 9.17) is 4.74 Å². The van der Waals surface area contributed by atoms with E-state index in [-0.39, 0.29) is 12.5 Å². The Morgan fingerprint density at radius 1 is 1.14 bits per heavy atom. The number of hydrogen-bond acceptors (Lipinski definition) is 4. The lowest BCUT2D eigenvalue weighted by molar-refractivity contribution is -0.123. The minimum atomic E-state index is -0.134. The SMILES string of the molecule is Cc1nn(-c2ccccn2)c(C)c1CCNC(=O)COc1ccc(C(C)C)cc1. The molecule has 1 N–H and O–H groups in total. The van der Waals surface area contributed by atoms with Gasteiger partial charge < -0.3 is 10.1 Å². The standard InChI is InChI=1S/C23H28N4O2/c1-16(2)19-8-10-20(11-9-19)29-15-23(28)25-14-12-21-17(3)26-27(18(21)4)22-7-5-6-13-24-22/h5-11,13,16H,12,14-15H2,1-4H3,(H,25,28). The van der Waals surface area contributed by atoms with Gasteiger partial charge in [-0.2, -0.15) is 5.10 Å². The molecule has 2 aromatic heterocycles. The van der Waals surface area contributed by atoms with Crippen LogP contribution >= 0.6 is 0 Å². The van der Waals surface area contributed by atoms with Crippen LogP contribution in [0.4, 0.5) is 0 Å². The number of aromatic nitrogens is 3. The first-order valence-corrected chi connectivity index (χ1v) is 9.91. The van der Waals surface area contributed by atoms with E-state index in [9.17, 15) is 4.79 Å². The third kappa shape index (κ3) is 5.22. The quantitative estimate of drug-likeness (QED) is 0.634. The number of carbonyl (C=O) groups excluding carboxylic acids is 1. The maximum atomic E-state index is 12.1. The van der Waals surface area contributed by atoms with E-state index in [1.54, 1.807) is 6.20 Å². The van der Waals surface area contributed by atoms with Gasteiger partial charge in [0.25, 0.3) is 5.91 Å². The highest BCUT2D eigenvalue weighted by atomic mass is 16.5. The van der Waals surface area contributed by atoms with Crippen molar-refractivity contribution in [2.45, 2.75) is 40.0 Å². The van der Waals surface area contributed by atoms with E-state index in [1.165, 1.54) is 5.56 Å². The minimum absolute atomic E-state index is 0.00614. The number of pyridine rings is 1. The van der Waals surface area contributed by atoms with Gasteiger partial charge in [-0.1, -0.05) is 32.0 Å². The first-order valence-electron chi connectivity index (χ1n) is 9.91. The third-order valence-electron chi connectivity index (χ3n) is 4.92. The highest BCUT2D eigenvalue weighted by Gasteiger charge is 2.13. The molecule has 0 atom stereocenters. The van der Waals surface area contributed by atoms with Crippen LogP contribution < -0.4 is 10.1 Å². The highest BCUT2D eigenvalue weighted by Crippen LogP contribution is 2.19. The predicted octanol–water partition coefficient (Wildman–Crippen LogP) is 3.75. The topological polar surface area (TPSA) is 69.0 Å². The molecule has 0 aliphatic rings. The van der Waals surface area contributed by atoms with Crippen LogP contribution in [0.3, 0.4) is 0 Å². The smallest absolute Gasteiger partial charge is 0.257 e. The number of carbonyl (C=O) groups is 1. The monoisotopic (exact) mass is 392 g/mol. The van der Waals surface area contributed by atoms with Gasteiger partial charge in [-0.3, -0.25) is 4.79 Å². The fraction of sp³-hybridized carbons (Fsp3) is 0.348. The molecule has 29 heavy (non-hydrogen) atoms. The van der Waals surface area contributed by atoms with Crippen LogP contribution in [-0.4, -0.2) is 33.8 Å². The number of benzene rings is 1. The molecular formula is C23H28N4O2. The van der Waals surface area contributed by atoms with Gasteiger partial charge in [0.1, 0.15) is 5.75 Å². The molecule has 0 unspecified atom stereocenters. The van der Waals surface area contributed by atoms with E-state index < -0.39 is 0 Å². The summed E-state index contributed by atoms with van der Waals surface area (Å²) in [7, 11) is 0. The summed E-state index contributed by atoms with van der Waals surface area (Å²) in [4.78, 5) is 16.5. The van der Waals surface area contributed by atoms with Crippen LogP contribution in [0.5, 0.6) is 5.75 Å². The van der Waals surface area contributed by atoms with Gasteiger partial charge in [-0.25, -0.2) is 9.67 Å². The zero-order valence-corrected chi connectivity index (χ0v) is 17.5. The maximum Gasteiger partial charge on any atom is 0.257 e. The molecule has 152 valence electrons. The number of nitrogens with one attached hydrogen (secondary N) is 1. The zero-order valence-electron chi connectivity index (χ0n) is 17.5. The van der Waals surface area contributed by atoms with E-state index in [2.05, 4.69) is 29.2 Å². The Labute approximate surface area is 171 Å². The summed E-state index contributed by atoms with van der Waals surface area (Å²) < 4.78 is 7.42. The Kier molecular flexibility index (Phi) is 6.65. The lowest BCUT2D eigenvalue weighted by Crippen LogP contribution is -2.30. The molecule has 0 aliphatic carbocycles. The third-order valence-corrected chi connectivity index (χ3v) is 4.92. The first-order chi connectivity index (χ1) is 14.0. The molecule has 6 heteroatoms. The van der Waals surface area contributed by atoms with Crippen LogP contribution in [0.25, 0.3) is 5.82 Å². The van der Waals surface area contributed by atoms with Gasteiger partial charge in [0.2, 0.25) is 0 Å². The molecule has 0 saturated carbocycles. The summed E-state index contributed by atoms with van der Waals surface area (Å²) in [5, 5.41) is 7.51. The maximum absolute atomic E-state index is 12.1. The average Bonchev–Trinajstić information content (AvgIpc) is 3.01. The largest absolute Gasteiger partial charge is 0.484 e. The summed E-state index contributed by atoms with van der Waals surface area (Å²) in [5.74, 6) is 1.83. The summed E-state index contributed by atoms with van der Waals surface area (Å²) in [6.07, 6.45) is 2.46. The average molecular weight is 393 g/mol. The predicted molar refractivity (Wildman–Crippen MR) is 114 cm³/mol. The summed E-state index contributed by atoms with van der Waals surface area (Å²) in [6.45, 7) is 8.83. The first kappa shape index (κ1) is 20.6. The van der Waals surface area contributed by atoms with Gasteiger partial charge >= 0.3 is 0 Å². The van der Waals surface area contributed by atoms with Crippen molar-refractivity contribution >= 4 is 5.91 Å². The Morgan fingerprint density at radius 2 is 1.90 bits per heavy atom. The summed E-state index contributed by atoms with van der Waals surface area (Å²) >= 11 is 0. The van der Waals surface area contributed by atoms with Crippen molar-refractivity contribution in [3.05, 3.63) is 71.2 Å². The molecule has 0 fully saturated rings. The van der Waals surface area contributed by atoms with Gasteiger partial charge in [0.05, 0.1) is 5.69 Å². The van der Waals surface area contributed by atoms with Gasteiger partial charge in [-0.15, -0.1) is 0 Å². The molecule has 1 aromatic carbocycles. The van der Waals surface area contributed by atoms with Crippen molar-refractivity contribution in [2.24, 2.45) is 0 Å². The Balaban J connectivity index is 1.50. The normalized spacial score (nSPS) is 10.9. The second-order valence-electron chi connectivity index (χ2n) is 7.36. The lowest BCUT2D eigenvalue weighted by atomic mass is 10.0. The molecule has 3 aromatic rings. The summed E-state index contributed by atoms with van der Waals surface area (Å²) in [6, 6.07) is 13.6. The van der Waals surface area contributed by atoms with Crippen LogP contribution in [0, 0.1) is 13.8 Å². The Bertz CT molecular complexity index is 947. The molecule has 0 aliphatic heterocycles. The molecule has 1 amide bonds. The second-order valence-corrected chi connectivity index (χ2v) is 7.36. The molecule has 3 rings (SSSR count). The minimum Gasteiger partial charge on any atom is -0.484 e. The molecule has 0 bridgehead atoms. The molecule has 0 spiro atoms. The number of aryl methyl sites for hydroxylation is 1. The highest BCUT2D eigenvalue weighted by molar-refractivity contribution is 5.77. The van der Waals surface area contributed by atoms with Gasteiger partial charge in [0, 0.05) is 18.4 Å². The van der Waals surface area contributed by atoms with Gasteiger partial charge in [-0.05, 0) is 61.6 Å². The lowest BCUT2D eigenvalue weighted by Gasteiger charge is -2.10. The number of nitrogens with zero attached hydrogens (tertiary/aromatic N) is 3. The van der Waals surface area contributed by atoms with Crippen molar-refractivity contribution in [2.75, 3.05) is 13.2 Å². The van der Waals surface area contributed by atoms with Crippen molar-refractivity contribution in [1.82, 2.24) is 20.1 Å². The van der Waals surface area contributed by atoms with E-state index in [1.807, 2.05) is 61.0 Å². The fourth-order valence-electron chi connectivity index (χ4n) is 3.21. The van der Waals surface area contributed by atoms with Gasteiger partial charge in [0.15, 0.2) is 12.4 Å². The van der Waals surface area contributed by atoms with Crippen LogP contribution in [-0.2, 0) is 11.2 Å². The van der Waals surface area contributed by atoms with Crippen molar-refractivity contribution in [3.63, 3.8) is 0 Å². The van der Waals surface area contributed by atoms with Crippen LogP contribution in [0.1, 0.15) is 42.3 Å². The number of rotatable bonds is 8. The molecular weight excluding hydrogens is 364 g/mol. The number of hydrogen-bond donors (Lipinski definition) is 1. The molecule has 2 heterocycles. The fourth-order valence-corrected chi connectivity index (χ4v) is 3.21. The Morgan fingerprint density at radius 3 is 2.55 bits per heavy atom. The zero-order chi connectivity index (χ0) is 20.8. The second kappa shape index (κ2) is 9.37. The van der Waals surface area contributed by atoms with Crippen LogP contribution in [0.2, 0.25) is 0 Å². The van der Waals surface area contributed by atoms with Crippen molar-refractivity contribution in [1.29, 1.82) is 0 Å². The number of ether oxygens (including phenoxy) is 1. The van der Waals surface area contributed by atoms with E-state index in [0.717, 1.165) is 22.8 Å². The number of amides is 1. The molecule has 6 nitrogen and oxygen atoms in total. The Hall–Kier alpha value is -3.15. The van der Waals surface area contributed by atoms with Crippen molar-refractivity contribution in [3.8, 4) is 11.6 Å². The van der Waals surface area contributed by atoms with E-state index in [0.29, 0.717) is 24.6 Å². The van der Waals surface area contributed by atoms with Crippen LogP contribution in [0.15, 0.2) is 48.7 Å². The molecule has 0 saturated heterocycles. The summed E-state index contributed by atoms with van der Waals surface area (Å²) in [5.41, 5.74) is 4.36. The molecule has 0 radical (unpaired) electrons.